The summed E-state index contributed by atoms with van der Waals surface area (Å²) >= 11 is 1.47. The highest BCUT2D eigenvalue weighted by Crippen LogP contribution is 2.23. The molecule has 4 nitrogen and oxygen atoms in total. The predicted octanol–water partition coefficient (Wildman–Crippen LogP) is 5.41. The van der Waals surface area contributed by atoms with Gasteiger partial charge in [0.25, 0.3) is 0 Å². The van der Waals surface area contributed by atoms with Crippen LogP contribution in [-0.2, 0) is 9.59 Å². The summed E-state index contributed by atoms with van der Waals surface area (Å²) in [7, 11) is 0. The van der Waals surface area contributed by atoms with Crippen molar-refractivity contribution in [2.24, 2.45) is 5.41 Å². The van der Waals surface area contributed by atoms with Gasteiger partial charge in [-0.15, -0.1) is 11.8 Å². The topological polar surface area (TPSA) is 58.2 Å². The second kappa shape index (κ2) is 9.09. The SMILES string of the molecule is Cc1ccc(C)c(NC(=O)CSc2ccc(NC(=O)CC(C)(C)C)cc2)c1. The summed E-state index contributed by atoms with van der Waals surface area (Å²) in [5.41, 5.74) is 3.76. The highest BCUT2D eigenvalue weighted by molar-refractivity contribution is 8.00. The van der Waals surface area contributed by atoms with Crippen LogP contribution in [0.3, 0.4) is 0 Å². The van der Waals surface area contributed by atoms with Gasteiger partial charge in [-0.3, -0.25) is 9.59 Å². The molecule has 0 fully saturated rings. The molecule has 144 valence electrons. The molecule has 2 N–H and O–H groups in total. The molecule has 0 spiro atoms. The Balaban J connectivity index is 1.85. The van der Waals surface area contributed by atoms with Crippen LogP contribution in [0, 0.1) is 19.3 Å². The number of aryl methyl sites for hydroxylation is 2. The van der Waals surface area contributed by atoms with E-state index in [4.69, 9.17) is 0 Å². The van der Waals surface area contributed by atoms with Crippen LogP contribution in [-0.4, -0.2) is 17.6 Å². The maximum absolute atomic E-state index is 12.2. The molecule has 0 aliphatic rings. The molecule has 0 saturated carbocycles. The van der Waals surface area contributed by atoms with E-state index in [1.807, 2.05) is 77.1 Å². The number of rotatable bonds is 6. The molecule has 0 aromatic heterocycles. The van der Waals surface area contributed by atoms with Crippen LogP contribution in [0.2, 0.25) is 0 Å². The molecule has 2 aromatic rings. The molecule has 2 rings (SSSR count). The summed E-state index contributed by atoms with van der Waals surface area (Å²) in [5.74, 6) is 0.315. The molecule has 0 aliphatic heterocycles. The normalized spacial score (nSPS) is 11.1. The smallest absolute Gasteiger partial charge is 0.234 e. The average Bonchev–Trinajstić information content (AvgIpc) is 2.56. The van der Waals surface area contributed by atoms with Crippen molar-refractivity contribution in [3.8, 4) is 0 Å². The Morgan fingerprint density at radius 1 is 0.926 bits per heavy atom. The van der Waals surface area contributed by atoms with Crippen LogP contribution in [0.15, 0.2) is 47.4 Å². The number of amides is 2. The molecule has 0 unspecified atom stereocenters. The number of benzene rings is 2. The molecule has 0 saturated heterocycles. The highest BCUT2D eigenvalue weighted by atomic mass is 32.2. The van der Waals surface area contributed by atoms with Crippen molar-refractivity contribution >= 4 is 35.0 Å². The van der Waals surface area contributed by atoms with Crippen molar-refractivity contribution in [1.29, 1.82) is 0 Å². The lowest BCUT2D eigenvalue weighted by Gasteiger charge is -2.17. The monoisotopic (exact) mass is 384 g/mol. The van der Waals surface area contributed by atoms with Crippen LogP contribution in [0.4, 0.5) is 11.4 Å². The Bertz CT molecular complexity index is 808. The Hall–Kier alpha value is -2.27. The number of hydrogen-bond acceptors (Lipinski definition) is 3. The molecule has 0 atom stereocenters. The van der Waals surface area contributed by atoms with Gasteiger partial charge < -0.3 is 10.6 Å². The van der Waals surface area contributed by atoms with Gasteiger partial charge in [-0.1, -0.05) is 32.9 Å². The van der Waals surface area contributed by atoms with Crippen molar-refractivity contribution in [2.45, 2.75) is 45.9 Å². The fraction of sp³-hybridized carbons (Fsp3) is 0.364. The van der Waals surface area contributed by atoms with Crippen LogP contribution in [0.25, 0.3) is 0 Å². The molecule has 2 amide bonds. The lowest BCUT2D eigenvalue weighted by atomic mass is 9.92. The van der Waals surface area contributed by atoms with Gasteiger partial charge in [0.05, 0.1) is 5.75 Å². The lowest BCUT2D eigenvalue weighted by molar-refractivity contribution is -0.118. The Labute approximate surface area is 166 Å². The third-order valence-corrected chi connectivity index (χ3v) is 4.88. The first-order chi connectivity index (χ1) is 12.6. The summed E-state index contributed by atoms with van der Waals surface area (Å²) in [6.07, 6.45) is 0.474. The maximum Gasteiger partial charge on any atom is 0.234 e. The van der Waals surface area contributed by atoms with E-state index in [1.54, 1.807) is 0 Å². The lowest BCUT2D eigenvalue weighted by Crippen LogP contribution is -2.19. The summed E-state index contributed by atoms with van der Waals surface area (Å²) in [6.45, 7) is 10.1. The van der Waals surface area contributed by atoms with Gasteiger partial charge in [-0.25, -0.2) is 0 Å². The number of hydrogen-bond donors (Lipinski definition) is 2. The third-order valence-electron chi connectivity index (χ3n) is 3.87. The third kappa shape index (κ3) is 7.47. The summed E-state index contributed by atoms with van der Waals surface area (Å²) in [4.78, 5) is 25.2. The van der Waals surface area contributed by atoms with E-state index in [9.17, 15) is 9.59 Å². The number of thioether (sulfide) groups is 1. The van der Waals surface area contributed by atoms with Gasteiger partial charge in [-0.2, -0.15) is 0 Å². The first-order valence-corrected chi connectivity index (χ1v) is 10.0. The van der Waals surface area contributed by atoms with Crippen molar-refractivity contribution < 1.29 is 9.59 Å². The fourth-order valence-electron chi connectivity index (χ4n) is 2.53. The van der Waals surface area contributed by atoms with E-state index in [0.717, 1.165) is 27.4 Å². The minimum atomic E-state index is -0.0388. The van der Waals surface area contributed by atoms with E-state index in [-0.39, 0.29) is 17.2 Å². The standard InChI is InChI=1S/C22H28N2O2S/c1-15-6-7-16(2)19(12-15)24-21(26)14-27-18-10-8-17(9-11-18)23-20(25)13-22(3,4)5/h6-12H,13-14H2,1-5H3,(H,23,25)(H,24,26). The Morgan fingerprint density at radius 2 is 1.59 bits per heavy atom. The van der Waals surface area contributed by atoms with Crippen molar-refractivity contribution in [3.05, 3.63) is 53.6 Å². The van der Waals surface area contributed by atoms with Crippen LogP contribution in [0.5, 0.6) is 0 Å². The van der Waals surface area contributed by atoms with Crippen LogP contribution >= 0.6 is 11.8 Å². The highest BCUT2D eigenvalue weighted by Gasteiger charge is 2.15. The first-order valence-electron chi connectivity index (χ1n) is 9.02. The van der Waals surface area contributed by atoms with Crippen LogP contribution in [0.1, 0.15) is 38.3 Å². The zero-order valence-electron chi connectivity index (χ0n) is 16.7. The second-order valence-electron chi connectivity index (χ2n) is 7.97. The average molecular weight is 385 g/mol. The minimum Gasteiger partial charge on any atom is -0.326 e. The van der Waals surface area contributed by atoms with E-state index < -0.39 is 0 Å². The van der Waals surface area contributed by atoms with Gasteiger partial charge in [0.1, 0.15) is 0 Å². The van der Waals surface area contributed by atoms with E-state index in [2.05, 4.69) is 10.6 Å². The minimum absolute atomic E-state index is 0.0100. The molecular weight excluding hydrogens is 356 g/mol. The summed E-state index contributed by atoms with van der Waals surface area (Å²) in [5, 5.41) is 5.87. The first kappa shape index (κ1) is 21.0. The molecule has 5 heteroatoms. The molecule has 2 aromatic carbocycles. The van der Waals surface area contributed by atoms with Crippen molar-refractivity contribution in [1.82, 2.24) is 0 Å². The van der Waals surface area contributed by atoms with Gasteiger partial charge in [0, 0.05) is 22.7 Å². The zero-order valence-corrected chi connectivity index (χ0v) is 17.5. The van der Waals surface area contributed by atoms with Gasteiger partial charge in [-0.05, 0) is 60.7 Å². The van der Waals surface area contributed by atoms with Gasteiger partial charge >= 0.3 is 0 Å². The van der Waals surface area contributed by atoms with Gasteiger partial charge in [0.2, 0.25) is 11.8 Å². The Morgan fingerprint density at radius 3 is 2.22 bits per heavy atom. The summed E-state index contributed by atoms with van der Waals surface area (Å²) in [6, 6.07) is 13.6. The van der Waals surface area contributed by atoms with Crippen LogP contribution < -0.4 is 10.6 Å². The van der Waals surface area contributed by atoms with E-state index >= 15 is 0 Å². The number of nitrogens with one attached hydrogen (secondary N) is 2. The predicted molar refractivity (Wildman–Crippen MR) is 114 cm³/mol. The fourth-order valence-corrected chi connectivity index (χ4v) is 3.23. The molecule has 0 bridgehead atoms. The summed E-state index contributed by atoms with van der Waals surface area (Å²) < 4.78 is 0. The maximum atomic E-state index is 12.2. The molecule has 0 aliphatic carbocycles. The quantitative estimate of drug-likeness (QED) is 0.655. The molecule has 27 heavy (non-hydrogen) atoms. The molecule has 0 heterocycles. The van der Waals surface area contributed by atoms with Gasteiger partial charge in [0.15, 0.2) is 0 Å². The Kier molecular flexibility index (Phi) is 7.08. The van der Waals surface area contributed by atoms with Crippen molar-refractivity contribution in [3.63, 3.8) is 0 Å². The molecular formula is C22H28N2O2S. The second-order valence-corrected chi connectivity index (χ2v) is 9.01. The number of carbonyl (C=O) groups excluding carboxylic acids is 2. The number of carbonyl (C=O) groups is 2. The van der Waals surface area contributed by atoms with E-state index in [1.165, 1.54) is 11.8 Å². The zero-order chi connectivity index (χ0) is 20.0. The number of anilines is 2. The largest absolute Gasteiger partial charge is 0.326 e. The molecule has 0 radical (unpaired) electrons. The van der Waals surface area contributed by atoms with Crippen molar-refractivity contribution in [2.75, 3.05) is 16.4 Å². The van der Waals surface area contributed by atoms with E-state index in [0.29, 0.717) is 12.2 Å².